The standard InChI is InChI=1S/C22H17ClN2O4S/c23-20-11-10-19(22(26)29-15-18-8-6-16(13-24)7-9-18)12-21(20)30(27,28)25-14-17-4-2-1-3-5-17/h1-12,25H,14-15H2. The Hall–Kier alpha value is -3.18. The Morgan fingerprint density at radius 3 is 2.37 bits per heavy atom. The van der Waals surface area contributed by atoms with E-state index >= 15 is 0 Å². The van der Waals surface area contributed by atoms with Gasteiger partial charge in [-0.1, -0.05) is 54.1 Å². The monoisotopic (exact) mass is 440 g/mol. The van der Waals surface area contributed by atoms with Gasteiger partial charge >= 0.3 is 5.97 Å². The molecule has 0 aromatic heterocycles. The average Bonchev–Trinajstić information content (AvgIpc) is 2.77. The molecule has 0 saturated heterocycles. The van der Waals surface area contributed by atoms with E-state index < -0.39 is 16.0 Å². The van der Waals surface area contributed by atoms with Gasteiger partial charge in [-0.25, -0.2) is 17.9 Å². The van der Waals surface area contributed by atoms with Crippen LogP contribution in [0.2, 0.25) is 5.02 Å². The topological polar surface area (TPSA) is 96.3 Å². The molecule has 1 N–H and O–H groups in total. The Morgan fingerprint density at radius 2 is 1.70 bits per heavy atom. The highest BCUT2D eigenvalue weighted by Gasteiger charge is 2.20. The Morgan fingerprint density at radius 1 is 1.00 bits per heavy atom. The quantitative estimate of drug-likeness (QED) is 0.559. The van der Waals surface area contributed by atoms with E-state index in [0.717, 1.165) is 5.56 Å². The maximum Gasteiger partial charge on any atom is 0.338 e. The lowest BCUT2D eigenvalue weighted by Crippen LogP contribution is -2.24. The van der Waals surface area contributed by atoms with Crippen molar-refractivity contribution >= 4 is 27.6 Å². The summed E-state index contributed by atoms with van der Waals surface area (Å²) in [5, 5.41) is 8.81. The zero-order valence-corrected chi connectivity index (χ0v) is 17.3. The number of carbonyl (C=O) groups is 1. The van der Waals surface area contributed by atoms with Gasteiger partial charge in [-0.05, 0) is 41.5 Å². The molecule has 0 aliphatic carbocycles. The summed E-state index contributed by atoms with van der Waals surface area (Å²) in [6, 6.07) is 21.6. The van der Waals surface area contributed by atoms with E-state index in [1.165, 1.54) is 18.2 Å². The lowest BCUT2D eigenvalue weighted by Gasteiger charge is -2.11. The van der Waals surface area contributed by atoms with Crippen molar-refractivity contribution in [2.45, 2.75) is 18.0 Å². The van der Waals surface area contributed by atoms with E-state index in [-0.39, 0.29) is 28.6 Å². The molecule has 3 aromatic carbocycles. The number of ether oxygens (including phenoxy) is 1. The van der Waals surface area contributed by atoms with Crippen LogP contribution < -0.4 is 4.72 Å². The maximum absolute atomic E-state index is 12.7. The molecule has 0 amide bonds. The summed E-state index contributed by atoms with van der Waals surface area (Å²) in [5.41, 5.74) is 2.05. The van der Waals surface area contributed by atoms with Crippen molar-refractivity contribution in [2.75, 3.05) is 0 Å². The van der Waals surface area contributed by atoms with Gasteiger partial charge in [0.05, 0.1) is 22.2 Å². The van der Waals surface area contributed by atoms with Crippen LogP contribution in [0.5, 0.6) is 0 Å². The fraction of sp³-hybridized carbons (Fsp3) is 0.0909. The molecular weight excluding hydrogens is 424 g/mol. The first-order chi connectivity index (χ1) is 14.4. The highest BCUT2D eigenvalue weighted by molar-refractivity contribution is 7.89. The molecule has 8 heteroatoms. The van der Waals surface area contributed by atoms with Crippen molar-refractivity contribution in [3.05, 3.63) is 100 Å². The van der Waals surface area contributed by atoms with Crippen LogP contribution in [0.25, 0.3) is 0 Å². The van der Waals surface area contributed by atoms with E-state index in [4.69, 9.17) is 21.6 Å². The second-order valence-corrected chi connectivity index (χ2v) is 8.48. The van der Waals surface area contributed by atoms with E-state index in [1.54, 1.807) is 48.5 Å². The fourth-order valence-electron chi connectivity index (χ4n) is 2.60. The van der Waals surface area contributed by atoms with Crippen molar-refractivity contribution in [3.8, 4) is 6.07 Å². The number of hydrogen-bond acceptors (Lipinski definition) is 5. The highest BCUT2D eigenvalue weighted by Crippen LogP contribution is 2.23. The number of carbonyl (C=O) groups excluding carboxylic acids is 1. The van der Waals surface area contributed by atoms with Gasteiger partial charge in [-0.2, -0.15) is 5.26 Å². The van der Waals surface area contributed by atoms with Crippen LogP contribution in [0.4, 0.5) is 0 Å². The molecule has 3 aromatic rings. The Bertz CT molecular complexity index is 1190. The molecule has 0 unspecified atom stereocenters. The third-order valence-electron chi connectivity index (χ3n) is 4.22. The second kappa shape index (κ2) is 9.55. The number of nitrogens with zero attached hydrogens (tertiary/aromatic N) is 1. The third kappa shape index (κ3) is 5.45. The average molecular weight is 441 g/mol. The summed E-state index contributed by atoms with van der Waals surface area (Å²) in [5.74, 6) is -0.685. The Labute approximate surface area is 179 Å². The molecule has 0 fully saturated rings. The molecule has 0 aliphatic heterocycles. The summed E-state index contributed by atoms with van der Waals surface area (Å²) in [6.07, 6.45) is 0. The predicted octanol–water partition coefficient (Wildman–Crippen LogP) is 4.05. The van der Waals surface area contributed by atoms with Crippen LogP contribution in [0.15, 0.2) is 77.7 Å². The summed E-state index contributed by atoms with van der Waals surface area (Å²) in [4.78, 5) is 12.2. The summed E-state index contributed by atoms with van der Waals surface area (Å²) < 4.78 is 33.1. The zero-order chi connectivity index (χ0) is 21.6. The van der Waals surface area contributed by atoms with E-state index in [0.29, 0.717) is 11.1 Å². The van der Waals surface area contributed by atoms with Crippen molar-refractivity contribution < 1.29 is 17.9 Å². The third-order valence-corrected chi connectivity index (χ3v) is 6.10. The molecule has 152 valence electrons. The van der Waals surface area contributed by atoms with E-state index in [1.807, 2.05) is 12.1 Å². The molecule has 0 atom stereocenters. The number of benzene rings is 3. The largest absolute Gasteiger partial charge is 0.457 e. The zero-order valence-electron chi connectivity index (χ0n) is 15.7. The molecule has 3 rings (SSSR count). The van der Waals surface area contributed by atoms with Gasteiger partial charge in [-0.15, -0.1) is 0 Å². The number of nitrogens with one attached hydrogen (secondary N) is 1. The molecule has 0 bridgehead atoms. The molecule has 0 saturated carbocycles. The molecule has 30 heavy (non-hydrogen) atoms. The second-order valence-electron chi connectivity index (χ2n) is 6.34. The molecular formula is C22H17ClN2O4S. The van der Waals surface area contributed by atoms with Gasteiger partial charge in [-0.3, -0.25) is 0 Å². The first-order valence-corrected chi connectivity index (χ1v) is 10.7. The van der Waals surface area contributed by atoms with Gasteiger partial charge < -0.3 is 4.74 Å². The Balaban J connectivity index is 1.71. The van der Waals surface area contributed by atoms with Crippen LogP contribution in [0.3, 0.4) is 0 Å². The number of rotatable bonds is 7. The van der Waals surface area contributed by atoms with Crippen LogP contribution in [0.1, 0.15) is 27.0 Å². The van der Waals surface area contributed by atoms with Crippen molar-refractivity contribution in [1.82, 2.24) is 4.72 Å². The van der Waals surface area contributed by atoms with Gasteiger partial charge in [0.25, 0.3) is 0 Å². The first kappa shape index (κ1) is 21.5. The minimum absolute atomic E-state index is 0.000737. The number of nitriles is 1. The Kier molecular flexibility index (Phi) is 6.85. The number of sulfonamides is 1. The van der Waals surface area contributed by atoms with Crippen molar-refractivity contribution in [2.24, 2.45) is 0 Å². The van der Waals surface area contributed by atoms with Crippen LogP contribution in [0, 0.1) is 11.3 Å². The van der Waals surface area contributed by atoms with Gasteiger partial charge in [0.2, 0.25) is 10.0 Å². The van der Waals surface area contributed by atoms with Crippen LogP contribution in [-0.2, 0) is 27.9 Å². The lowest BCUT2D eigenvalue weighted by molar-refractivity contribution is 0.0472. The predicted molar refractivity (Wildman–Crippen MR) is 112 cm³/mol. The van der Waals surface area contributed by atoms with Gasteiger partial charge in [0, 0.05) is 6.54 Å². The molecule has 0 radical (unpaired) electrons. The molecule has 0 spiro atoms. The number of halogens is 1. The lowest BCUT2D eigenvalue weighted by atomic mass is 10.1. The van der Waals surface area contributed by atoms with Crippen molar-refractivity contribution in [3.63, 3.8) is 0 Å². The minimum atomic E-state index is -3.94. The highest BCUT2D eigenvalue weighted by atomic mass is 35.5. The van der Waals surface area contributed by atoms with E-state index in [2.05, 4.69) is 4.72 Å². The first-order valence-electron chi connectivity index (χ1n) is 8.88. The minimum Gasteiger partial charge on any atom is -0.457 e. The van der Waals surface area contributed by atoms with Crippen LogP contribution >= 0.6 is 11.6 Å². The summed E-state index contributed by atoms with van der Waals surface area (Å²) in [7, 11) is -3.94. The van der Waals surface area contributed by atoms with Gasteiger partial charge in [0.1, 0.15) is 11.5 Å². The SMILES string of the molecule is N#Cc1ccc(COC(=O)c2ccc(Cl)c(S(=O)(=O)NCc3ccccc3)c2)cc1. The van der Waals surface area contributed by atoms with Crippen LogP contribution in [-0.4, -0.2) is 14.4 Å². The molecule has 6 nitrogen and oxygen atoms in total. The summed E-state index contributed by atoms with van der Waals surface area (Å²) >= 11 is 6.07. The normalized spacial score (nSPS) is 10.9. The number of hydrogen-bond donors (Lipinski definition) is 1. The van der Waals surface area contributed by atoms with Gasteiger partial charge in [0.15, 0.2) is 0 Å². The maximum atomic E-state index is 12.7. The summed E-state index contributed by atoms with van der Waals surface area (Å²) in [6.45, 7) is 0.0778. The molecule has 0 heterocycles. The van der Waals surface area contributed by atoms with E-state index in [9.17, 15) is 13.2 Å². The molecule has 0 aliphatic rings. The van der Waals surface area contributed by atoms with Crippen molar-refractivity contribution in [1.29, 1.82) is 5.26 Å². The smallest absolute Gasteiger partial charge is 0.338 e. The number of esters is 1. The fourth-order valence-corrected chi connectivity index (χ4v) is 4.14.